The lowest BCUT2D eigenvalue weighted by Gasteiger charge is -2.13. The zero-order valence-corrected chi connectivity index (χ0v) is 14.2. The molecule has 0 saturated carbocycles. The standard InChI is InChI=1S/C22H18O3/c1-14-15(2)24-22(23)19-18(13-16-9-5-3-6-10-16)21(25-20(14)19)17-11-7-4-8-12-17/h3-13,21H,1-2H3/b18-13-. The molecule has 2 aromatic carbocycles. The van der Waals surface area contributed by atoms with Gasteiger partial charge in [0, 0.05) is 11.1 Å². The third kappa shape index (κ3) is 2.68. The second-order valence-electron chi connectivity index (χ2n) is 6.19. The van der Waals surface area contributed by atoms with Crippen LogP contribution in [0.3, 0.4) is 0 Å². The van der Waals surface area contributed by atoms with Gasteiger partial charge < -0.3 is 9.15 Å². The summed E-state index contributed by atoms with van der Waals surface area (Å²) in [5.74, 6) is 1.22. The Bertz CT molecular complexity index is 999. The van der Waals surface area contributed by atoms with Crippen LogP contribution in [0.2, 0.25) is 0 Å². The molecule has 0 aliphatic carbocycles. The minimum absolute atomic E-state index is 0.320. The molecule has 1 aliphatic rings. The third-order valence-corrected chi connectivity index (χ3v) is 4.58. The normalized spacial score (nSPS) is 17.4. The highest BCUT2D eigenvalue weighted by Gasteiger charge is 2.35. The van der Waals surface area contributed by atoms with E-state index in [9.17, 15) is 4.79 Å². The van der Waals surface area contributed by atoms with E-state index in [-0.39, 0.29) is 11.7 Å². The number of aryl methyl sites for hydroxylation is 1. The van der Waals surface area contributed by atoms with Gasteiger partial charge in [-0.05, 0) is 31.1 Å². The van der Waals surface area contributed by atoms with Gasteiger partial charge in [-0.1, -0.05) is 60.7 Å². The lowest BCUT2D eigenvalue weighted by atomic mass is 9.95. The first kappa shape index (κ1) is 15.5. The molecule has 124 valence electrons. The van der Waals surface area contributed by atoms with Crippen LogP contribution in [0, 0.1) is 13.8 Å². The van der Waals surface area contributed by atoms with Crippen LogP contribution in [0.4, 0.5) is 0 Å². The van der Waals surface area contributed by atoms with E-state index in [0.29, 0.717) is 17.1 Å². The Hall–Kier alpha value is -3.07. The van der Waals surface area contributed by atoms with E-state index in [4.69, 9.17) is 9.15 Å². The van der Waals surface area contributed by atoms with Crippen molar-refractivity contribution in [1.29, 1.82) is 0 Å². The van der Waals surface area contributed by atoms with E-state index < -0.39 is 0 Å². The Kier molecular flexibility index (Phi) is 3.77. The van der Waals surface area contributed by atoms with Crippen molar-refractivity contribution in [2.45, 2.75) is 20.0 Å². The number of fused-ring (bicyclic) bond motifs is 1. The van der Waals surface area contributed by atoms with E-state index in [1.54, 1.807) is 6.92 Å². The first-order chi connectivity index (χ1) is 12.1. The maximum atomic E-state index is 12.6. The lowest BCUT2D eigenvalue weighted by Crippen LogP contribution is -2.07. The summed E-state index contributed by atoms with van der Waals surface area (Å²) >= 11 is 0. The fraction of sp³-hybridized carbons (Fsp3) is 0.136. The van der Waals surface area contributed by atoms with E-state index in [1.165, 1.54) is 0 Å². The maximum absolute atomic E-state index is 12.6. The molecule has 3 heteroatoms. The van der Waals surface area contributed by atoms with Crippen molar-refractivity contribution in [2.24, 2.45) is 0 Å². The summed E-state index contributed by atoms with van der Waals surface area (Å²) in [6.45, 7) is 3.71. The second-order valence-corrected chi connectivity index (χ2v) is 6.19. The minimum Gasteiger partial charge on any atom is -0.480 e. The van der Waals surface area contributed by atoms with Crippen molar-refractivity contribution in [1.82, 2.24) is 0 Å². The van der Waals surface area contributed by atoms with Crippen molar-refractivity contribution < 1.29 is 9.15 Å². The highest BCUT2D eigenvalue weighted by Crippen LogP contribution is 2.46. The molecule has 3 nitrogen and oxygen atoms in total. The molecule has 0 bridgehead atoms. The number of hydrogen-bond donors (Lipinski definition) is 0. The van der Waals surface area contributed by atoms with Gasteiger partial charge in [-0.15, -0.1) is 0 Å². The molecule has 0 N–H and O–H groups in total. The molecule has 0 fully saturated rings. The number of rotatable bonds is 2. The number of benzene rings is 2. The SMILES string of the molecule is Cc1oc(=O)c2c(c1C)OC(c1ccccc1)/C2=C\c1ccccc1. The molecule has 1 unspecified atom stereocenters. The molecular weight excluding hydrogens is 312 g/mol. The Balaban J connectivity index is 1.95. The average Bonchev–Trinajstić information content (AvgIpc) is 3.01. The van der Waals surface area contributed by atoms with E-state index >= 15 is 0 Å². The van der Waals surface area contributed by atoms with Crippen LogP contribution < -0.4 is 10.4 Å². The molecule has 3 aromatic rings. The minimum atomic E-state index is -0.348. The summed E-state index contributed by atoms with van der Waals surface area (Å²) < 4.78 is 11.7. The first-order valence-electron chi connectivity index (χ1n) is 8.28. The predicted octanol–water partition coefficient (Wildman–Crippen LogP) is 4.93. The van der Waals surface area contributed by atoms with Crippen LogP contribution >= 0.6 is 0 Å². The fourth-order valence-corrected chi connectivity index (χ4v) is 3.17. The van der Waals surface area contributed by atoms with Gasteiger partial charge in [0.05, 0.1) is 0 Å². The highest BCUT2D eigenvalue weighted by atomic mass is 16.5. The summed E-state index contributed by atoms with van der Waals surface area (Å²) in [6.07, 6.45) is 1.69. The average molecular weight is 330 g/mol. The van der Waals surface area contributed by atoms with Crippen LogP contribution in [-0.4, -0.2) is 0 Å². The van der Waals surface area contributed by atoms with Crippen LogP contribution in [0.5, 0.6) is 5.75 Å². The molecular formula is C22H18O3. The molecule has 25 heavy (non-hydrogen) atoms. The van der Waals surface area contributed by atoms with Crippen LogP contribution in [-0.2, 0) is 0 Å². The smallest absolute Gasteiger partial charge is 0.347 e. The summed E-state index contributed by atoms with van der Waals surface area (Å²) in [7, 11) is 0. The van der Waals surface area contributed by atoms with Crippen molar-refractivity contribution in [2.75, 3.05) is 0 Å². The van der Waals surface area contributed by atoms with Gasteiger partial charge in [0.15, 0.2) is 0 Å². The molecule has 1 aliphatic heterocycles. The Labute approximate surface area is 146 Å². The lowest BCUT2D eigenvalue weighted by molar-refractivity contribution is 0.279. The molecule has 0 saturated heterocycles. The molecule has 0 radical (unpaired) electrons. The Morgan fingerprint density at radius 2 is 1.56 bits per heavy atom. The third-order valence-electron chi connectivity index (χ3n) is 4.58. The van der Waals surface area contributed by atoms with Crippen LogP contribution in [0.15, 0.2) is 69.9 Å². The zero-order chi connectivity index (χ0) is 17.4. The molecule has 0 spiro atoms. The predicted molar refractivity (Wildman–Crippen MR) is 98.6 cm³/mol. The van der Waals surface area contributed by atoms with E-state index in [2.05, 4.69) is 0 Å². The van der Waals surface area contributed by atoms with Gasteiger partial charge in [0.25, 0.3) is 0 Å². The Morgan fingerprint density at radius 3 is 2.24 bits per heavy atom. The first-order valence-corrected chi connectivity index (χ1v) is 8.28. The highest BCUT2D eigenvalue weighted by molar-refractivity contribution is 5.89. The van der Waals surface area contributed by atoms with Crippen LogP contribution in [0.1, 0.15) is 34.1 Å². The van der Waals surface area contributed by atoms with Crippen LogP contribution in [0.25, 0.3) is 11.6 Å². The van der Waals surface area contributed by atoms with Crippen molar-refractivity contribution in [3.05, 3.63) is 99.1 Å². The summed E-state index contributed by atoms with van der Waals surface area (Å²) in [6, 6.07) is 19.9. The topological polar surface area (TPSA) is 39.4 Å². The zero-order valence-electron chi connectivity index (χ0n) is 14.2. The van der Waals surface area contributed by atoms with Gasteiger partial charge in [0.2, 0.25) is 0 Å². The maximum Gasteiger partial charge on any atom is 0.347 e. The molecule has 2 heterocycles. The van der Waals surface area contributed by atoms with Gasteiger partial charge in [-0.2, -0.15) is 0 Å². The van der Waals surface area contributed by atoms with Crippen molar-refractivity contribution in [3.8, 4) is 5.75 Å². The van der Waals surface area contributed by atoms with Crippen molar-refractivity contribution >= 4 is 11.6 Å². The number of ether oxygens (including phenoxy) is 1. The molecule has 1 aromatic heterocycles. The number of hydrogen-bond acceptors (Lipinski definition) is 3. The van der Waals surface area contributed by atoms with E-state index in [0.717, 1.165) is 22.3 Å². The fourth-order valence-electron chi connectivity index (χ4n) is 3.17. The summed E-state index contributed by atoms with van der Waals surface area (Å²) in [5, 5.41) is 0. The molecule has 4 rings (SSSR count). The quantitative estimate of drug-likeness (QED) is 0.669. The molecule has 0 amide bonds. The van der Waals surface area contributed by atoms with E-state index in [1.807, 2.05) is 73.7 Å². The largest absolute Gasteiger partial charge is 0.480 e. The van der Waals surface area contributed by atoms with Gasteiger partial charge in [-0.3, -0.25) is 0 Å². The molecule has 1 atom stereocenters. The second kappa shape index (κ2) is 6.10. The summed E-state index contributed by atoms with van der Waals surface area (Å²) in [5.41, 5.74) is 3.92. The van der Waals surface area contributed by atoms with Crippen molar-refractivity contribution in [3.63, 3.8) is 0 Å². The Morgan fingerprint density at radius 1 is 0.920 bits per heavy atom. The van der Waals surface area contributed by atoms with Gasteiger partial charge >= 0.3 is 5.63 Å². The van der Waals surface area contributed by atoms with Gasteiger partial charge in [-0.25, -0.2) is 4.79 Å². The van der Waals surface area contributed by atoms with Gasteiger partial charge in [0.1, 0.15) is 23.2 Å². The summed E-state index contributed by atoms with van der Waals surface area (Å²) in [4.78, 5) is 12.6. The monoisotopic (exact) mass is 330 g/mol.